The molecule has 132 valence electrons. The van der Waals surface area contributed by atoms with E-state index in [1.165, 1.54) is 5.69 Å². The molecule has 4 heteroatoms. The lowest BCUT2D eigenvalue weighted by Crippen LogP contribution is -2.21. The third-order valence-corrected chi connectivity index (χ3v) is 4.12. The highest BCUT2D eigenvalue weighted by molar-refractivity contribution is 6.08. The molecular formula is C21H25NO3. The molecule has 0 N–H and O–H groups in total. The number of carbonyl (C=O) groups is 1. The van der Waals surface area contributed by atoms with Gasteiger partial charge in [0.2, 0.25) is 0 Å². The number of rotatable bonds is 8. The Bertz CT molecular complexity index is 731. The summed E-state index contributed by atoms with van der Waals surface area (Å²) < 4.78 is 10.4. The van der Waals surface area contributed by atoms with E-state index in [9.17, 15) is 4.79 Å². The molecule has 0 unspecified atom stereocenters. The highest BCUT2D eigenvalue weighted by atomic mass is 16.5. The minimum absolute atomic E-state index is 0.104. The Morgan fingerprint density at radius 1 is 1.00 bits per heavy atom. The van der Waals surface area contributed by atoms with E-state index >= 15 is 0 Å². The molecule has 0 heterocycles. The van der Waals surface area contributed by atoms with Gasteiger partial charge >= 0.3 is 0 Å². The van der Waals surface area contributed by atoms with Gasteiger partial charge in [-0.25, -0.2) is 0 Å². The minimum Gasteiger partial charge on any atom is -0.497 e. The summed E-state index contributed by atoms with van der Waals surface area (Å²) in [5.41, 5.74) is 2.68. The first-order chi connectivity index (χ1) is 12.1. The third kappa shape index (κ3) is 4.63. The first-order valence-corrected chi connectivity index (χ1v) is 8.42. The van der Waals surface area contributed by atoms with Crippen LogP contribution in [0.25, 0.3) is 6.08 Å². The van der Waals surface area contributed by atoms with E-state index in [-0.39, 0.29) is 5.78 Å². The summed E-state index contributed by atoms with van der Waals surface area (Å²) in [6, 6.07) is 13.4. The van der Waals surface area contributed by atoms with E-state index in [1.807, 2.05) is 18.2 Å². The Kier molecular flexibility index (Phi) is 6.63. The van der Waals surface area contributed by atoms with Crippen LogP contribution in [0.4, 0.5) is 5.69 Å². The van der Waals surface area contributed by atoms with Gasteiger partial charge < -0.3 is 14.4 Å². The van der Waals surface area contributed by atoms with E-state index < -0.39 is 0 Å². The highest BCUT2D eigenvalue weighted by Crippen LogP contribution is 2.25. The summed E-state index contributed by atoms with van der Waals surface area (Å²) in [6.07, 6.45) is 3.38. The number of carbonyl (C=O) groups excluding carboxylic acids is 1. The molecule has 2 rings (SSSR count). The predicted molar refractivity (Wildman–Crippen MR) is 103 cm³/mol. The first-order valence-electron chi connectivity index (χ1n) is 8.42. The van der Waals surface area contributed by atoms with Crippen molar-refractivity contribution in [1.29, 1.82) is 0 Å². The lowest BCUT2D eigenvalue weighted by atomic mass is 10.1. The summed E-state index contributed by atoms with van der Waals surface area (Å²) in [5, 5.41) is 0. The maximum Gasteiger partial charge on any atom is 0.189 e. The molecule has 0 atom stereocenters. The molecule has 0 aromatic heterocycles. The molecule has 0 bridgehead atoms. The zero-order valence-electron chi connectivity index (χ0n) is 15.3. The zero-order valence-corrected chi connectivity index (χ0v) is 15.3. The van der Waals surface area contributed by atoms with Crippen LogP contribution in [0.15, 0.2) is 48.5 Å². The largest absolute Gasteiger partial charge is 0.497 e. The number of hydrogen-bond acceptors (Lipinski definition) is 4. The Labute approximate surface area is 149 Å². The molecule has 0 aliphatic rings. The van der Waals surface area contributed by atoms with E-state index in [1.54, 1.807) is 38.5 Å². The van der Waals surface area contributed by atoms with E-state index in [0.29, 0.717) is 17.1 Å². The van der Waals surface area contributed by atoms with E-state index in [2.05, 4.69) is 30.9 Å². The second kappa shape index (κ2) is 8.92. The summed E-state index contributed by atoms with van der Waals surface area (Å²) >= 11 is 0. The molecule has 25 heavy (non-hydrogen) atoms. The van der Waals surface area contributed by atoms with Gasteiger partial charge in [0, 0.05) is 24.8 Å². The van der Waals surface area contributed by atoms with Crippen molar-refractivity contribution in [3.63, 3.8) is 0 Å². The van der Waals surface area contributed by atoms with Gasteiger partial charge in [-0.3, -0.25) is 4.79 Å². The fourth-order valence-electron chi connectivity index (χ4n) is 2.65. The predicted octanol–water partition coefficient (Wildman–Crippen LogP) is 4.45. The highest BCUT2D eigenvalue weighted by Gasteiger charge is 2.10. The van der Waals surface area contributed by atoms with Crippen LogP contribution in [0.1, 0.15) is 29.8 Å². The number of allylic oxidation sites excluding steroid dienone is 1. The van der Waals surface area contributed by atoms with Crippen molar-refractivity contribution < 1.29 is 14.3 Å². The molecule has 0 amide bonds. The summed E-state index contributed by atoms with van der Waals surface area (Å²) in [6.45, 7) is 6.22. The van der Waals surface area contributed by atoms with Crippen LogP contribution in [-0.2, 0) is 0 Å². The van der Waals surface area contributed by atoms with Gasteiger partial charge in [-0.05, 0) is 49.8 Å². The molecule has 0 fully saturated rings. The molecule has 0 spiro atoms. The maximum absolute atomic E-state index is 12.4. The average molecular weight is 339 g/mol. The second-order valence-corrected chi connectivity index (χ2v) is 5.53. The van der Waals surface area contributed by atoms with E-state index in [0.717, 1.165) is 18.7 Å². The summed E-state index contributed by atoms with van der Waals surface area (Å²) in [4.78, 5) is 14.7. The Hall–Kier alpha value is -2.75. The molecular weight excluding hydrogens is 314 g/mol. The first kappa shape index (κ1) is 18.6. The minimum atomic E-state index is -0.104. The second-order valence-electron chi connectivity index (χ2n) is 5.53. The standard InChI is InChI=1S/C21H25NO3/c1-5-22(6-2)17-10-7-16(8-11-17)9-14-20(23)19-13-12-18(24-3)15-21(19)25-4/h7-15H,5-6H2,1-4H3/b14-9+. The number of nitrogens with zero attached hydrogens (tertiary/aromatic N) is 1. The topological polar surface area (TPSA) is 38.8 Å². The van der Waals surface area contributed by atoms with Crippen molar-refractivity contribution in [2.75, 3.05) is 32.2 Å². The van der Waals surface area contributed by atoms with Crippen LogP contribution < -0.4 is 14.4 Å². The smallest absolute Gasteiger partial charge is 0.189 e. The van der Waals surface area contributed by atoms with Gasteiger partial charge in [0.25, 0.3) is 0 Å². The molecule has 0 saturated heterocycles. The van der Waals surface area contributed by atoms with Gasteiger partial charge in [-0.2, -0.15) is 0 Å². The zero-order chi connectivity index (χ0) is 18.2. The quantitative estimate of drug-likeness (QED) is 0.526. The average Bonchev–Trinajstić information content (AvgIpc) is 2.67. The molecule has 2 aromatic carbocycles. The Morgan fingerprint density at radius 3 is 2.24 bits per heavy atom. The molecule has 0 aliphatic heterocycles. The number of hydrogen-bond donors (Lipinski definition) is 0. The molecule has 4 nitrogen and oxygen atoms in total. The number of benzene rings is 2. The van der Waals surface area contributed by atoms with E-state index in [4.69, 9.17) is 9.47 Å². The van der Waals surface area contributed by atoms with Crippen LogP contribution >= 0.6 is 0 Å². The van der Waals surface area contributed by atoms with Crippen LogP contribution in [0.3, 0.4) is 0 Å². The van der Waals surface area contributed by atoms with Gasteiger partial charge in [0.1, 0.15) is 11.5 Å². The lowest BCUT2D eigenvalue weighted by Gasteiger charge is -2.20. The van der Waals surface area contributed by atoms with Gasteiger partial charge in [-0.1, -0.05) is 18.2 Å². The molecule has 2 aromatic rings. The molecule has 0 aliphatic carbocycles. The van der Waals surface area contributed by atoms with Crippen molar-refractivity contribution in [2.45, 2.75) is 13.8 Å². The number of anilines is 1. The van der Waals surface area contributed by atoms with Crippen LogP contribution in [0.2, 0.25) is 0 Å². The Balaban J connectivity index is 2.15. The van der Waals surface area contributed by atoms with Crippen molar-refractivity contribution in [1.82, 2.24) is 0 Å². The summed E-state index contributed by atoms with van der Waals surface area (Å²) in [5.74, 6) is 1.06. The monoisotopic (exact) mass is 339 g/mol. The number of ketones is 1. The van der Waals surface area contributed by atoms with Gasteiger partial charge in [0.05, 0.1) is 19.8 Å². The fraction of sp³-hybridized carbons (Fsp3) is 0.286. The number of ether oxygens (including phenoxy) is 2. The maximum atomic E-state index is 12.4. The summed E-state index contributed by atoms with van der Waals surface area (Å²) in [7, 11) is 3.12. The fourth-order valence-corrected chi connectivity index (χ4v) is 2.65. The van der Waals surface area contributed by atoms with Gasteiger partial charge in [-0.15, -0.1) is 0 Å². The van der Waals surface area contributed by atoms with Crippen molar-refractivity contribution in [2.24, 2.45) is 0 Å². The van der Waals surface area contributed by atoms with Crippen molar-refractivity contribution in [3.8, 4) is 11.5 Å². The molecule has 0 saturated carbocycles. The number of methoxy groups -OCH3 is 2. The lowest BCUT2D eigenvalue weighted by molar-refractivity contribution is 0.104. The van der Waals surface area contributed by atoms with Gasteiger partial charge in [0.15, 0.2) is 5.78 Å². The third-order valence-electron chi connectivity index (χ3n) is 4.12. The Morgan fingerprint density at radius 2 is 1.68 bits per heavy atom. The SMILES string of the molecule is CCN(CC)c1ccc(/C=C/C(=O)c2ccc(OC)cc2OC)cc1. The van der Waals surface area contributed by atoms with Crippen LogP contribution in [0, 0.1) is 0 Å². The van der Waals surface area contributed by atoms with Crippen molar-refractivity contribution >= 4 is 17.5 Å². The van der Waals surface area contributed by atoms with Crippen LogP contribution in [-0.4, -0.2) is 33.1 Å². The van der Waals surface area contributed by atoms with Crippen molar-refractivity contribution in [3.05, 3.63) is 59.7 Å². The normalized spacial score (nSPS) is 10.7. The molecule has 0 radical (unpaired) electrons. The van der Waals surface area contributed by atoms with Crippen LogP contribution in [0.5, 0.6) is 11.5 Å².